The lowest BCUT2D eigenvalue weighted by atomic mass is 10.2. The Labute approximate surface area is 105 Å². The maximum absolute atomic E-state index is 13.5. The number of benzene rings is 1. The molecule has 100 valence electrons. The minimum Gasteiger partial charge on any atom is -0.480 e. The topological polar surface area (TPSA) is 71.4 Å². The minimum absolute atomic E-state index is 0.0114. The van der Waals surface area contributed by atoms with E-state index in [9.17, 15) is 17.6 Å². The molecule has 0 spiro atoms. The number of rotatable bonds is 6. The van der Waals surface area contributed by atoms with Crippen LogP contribution in [0, 0.1) is 5.82 Å². The van der Waals surface area contributed by atoms with Gasteiger partial charge in [-0.1, -0.05) is 31.9 Å². The first kappa shape index (κ1) is 14.6. The number of sulfone groups is 1. The molecule has 0 aliphatic carbocycles. The Morgan fingerprint density at radius 3 is 2.50 bits per heavy atom. The molecular weight excluding hydrogens is 259 g/mol. The van der Waals surface area contributed by atoms with Gasteiger partial charge in [0.05, 0.1) is 0 Å². The molecule has 6 heteroatoms. The van der Waals surface area contributed by atoms with E-state index < -0.39 is 31.8 Å². The third-order valence-corrected chi connectivity index (χ3v) is 4.74. The van der Waals surface area contributed by atoms with E-state index in [-0.39, 0.29) is 6.42 Å². The van der Waals surface area contributed by atoms with Crippen molar-refractivity contribution in [3.05, 3.63) is 30.1 Å². The quantitative estimate of drug-likeness (QED) is 0.863. The average molecular weight is 274 g/mol. The monoisotopic (exact) mass is 274 g/mol. The van der Waals surface area contributed by atoms with Gasteiger partial charge in [-0.25, -0.2) is 12.8 Å². The Morgan fingerprint density at radius 1 is 1.39 bits per heavy atom. The summed E-state index contributed by atoms with van der Waals surface area (Å²) in [7, 11) is -4.18. The van der Waals surface area contributed by atoms with Crippen LogP contribution >= 0.6 is 0 Å². The summed E-state index contributed by atoms with van der Waals surface area (Å²) in [5.41, 5.74) is 0. The molecule has 0 fully saturated rings. The fourth-order valence-electron chi connectivity index (χ4n) is 1.63. The van der Waals surface area contributed by atoms with Gasteiger partial charge < -0.3 is 5.11 Å². The van der Waals surface area contributed by atoms with Gasteiger partial charge in [0.15, 0.2) is 15.1 Å². The van der Waals surface area contributed by atoms with Gasteiger partial charge in [-0.05, 0) is 18.6 Å². The summed E-state index contributed by atoms with van der Waals surface area (Å²) in [6, 6.07) is 4.82. The molecule has 0 heterocycles. The zero-order valence-electron chi connectivity index (χ0n) is 9.97. The lowest BCUT2D eigenvalue weighted by Gasteiger charge is -2.13. The van der Waals surface area contributed by atoms with E-state index >= 15 is 0 Å². The van der Waals surface area contributed by atoms with Crippen molar-refractivity contribution in [3.8, 4) is 0 Å². The van der Waals surface area contributed by atoms with Crippen molar-refractivity contribution in [2.75, 3.05) is 0 Å². The normalized spacial score (nSPS) is 13.2. The fraction of sp³-hybridized carbons (Fsp3) is 0.417. The van der Waals surface area contributed by atoms with E-state index in [2.05, 4.69) is 0 Å². The van der Waals surface area contributed by atoms with Gasteiger partial charge in [-0.3, -0.25) is 4.79 Å². The first-order valence-corrected chi connectivity index (χ1v) is 7.17. The molecule has 1 rings (SSSR count). The Morgan fingerprint density at radius 2 is 2.00 bits per heavy atom. The van der Waals surface area contributed by atoms with Crippen molar-refractivity contribution in [2.24, 2.45) is 0 Å². The third-order valence-electron chi connectivity index (χ3n) is 2.61. The maximum Gasteiger partial charge on any atom is 0.322 e. The van der Waals surface area contributed by atoms with Crippen molar-refractivity contribution in [2.45, 2.75) is 36.3 Å². The zero-order valence-corrected chi connectivity index (χ0v) is 10.8. The summed E-state index contributed by atoms with van der Waals surface area (Å²) in [4.78, 5) is 10.5. The Hall–Kier alpha value is -1.43. The lowest BCUT2D eigenvalue weighted by Crippen LogP contribution is -2.30. The third kappa shape index (κ3) is 3.07. The van der Waals surface area contributed by atoms with Gasteiger partial charge in [0.1, 0.15) is 10.7 Å². The zero-order chi connectivity index (χ0) is 13.8. The summed E-state index contributed by atoms with van der Waals surface area (Å²) < 4.78 is 37.6. The van der Waals surface area contributed by atoms with Gasteiger partial charge in [-0.15, -0.1) is 0 Å². The van der Waals surface area contributed by atoms with Crippen LogP contribution in [-0.2, 0) is 14.6 Å². The molecule has 0 aliphatic rings. The number of unbranched alkanes of at least 4 members (excludes halogenated alkanes) is 1. The van der Waals surface area contributed by atoms with Crippen LogP contribution in [0.15, 0.2) is 29.2 Å². The predicted molar refractivity (Wildman–Crippen MR) is 64.5 cm³/mol. The molecule has 4 nitrogen and oxygen atoms in total. The highest BCUT2D eigenvalue weighted by Gasteiger charge is 2.34. The average Bonchev–Trinajstić information content (AvgIpc) is 2.29. The van der Waals surface area contributed by atoms with E-state index in [4.69, 9.17) is 5.11 Å². The molecule has 0 aromatic heterocycles. The SMILES string of the molecule is CCCCC(C(=O)O)S(=O)(=O)c1ccccc1F. The lowest BCUT2D eigenvalue weighted by molar-refractivity contribution is -0.136. The maximum atomic E-state index is 13.5. The fourth-order valence-corrected chi connectivity index (χ4v) is 3.29. The van der Waals surface area contributed by atoms with E-state index in [0.29, 0.717) is 12.8 Å². The second-order valence-electron chi connectivity index (χ2n) is 3.94. The number of carbonyl (C=O) groups is 1. The highest BCUT2D eigenvalue weighted by molar-refractivity contribution is 7.92. The summed E-state index contributed by atoms with van der Waals surface area (Å²) >= 11 is 0. The number of aliphatic carboxylic acids is 1. The van der Waals surface area contributed by atoms with Crippen molar-refractivity contribution in [1.82, 2.24) is 0 Å². The van der Waals surface area contributed by atoms with Crippen LogP contribution in [0.25, 0.3) is 0 Å². The van der Waals surface area contributed by atoms with Crippen LogP contribution in [0.2, 0.25) is 0 Å². The van der Waals surface area contributed by atoms with Crippen molar-refractivity contribution in [3.63, 3.8) is 0 Å². The van der Waals surface area contributed by atoms with Gasteiger partial charge in [0.2, 0.25) is 0 Å². The minimum atomic E-state index is -4.18. The molecule has 0 saturated heterocycles. The number of carboxylic acid groups (broad SMARTS) is 1. The second kappa shape index (κ2) is 5.95. The summed E-state index contributed by atoms with van der Waals surface area (Å²) in [5, 5.41) is 7.40. The molecule has 18 heavy (non-hydrogen) atoms. The molecule has 1 aromatic carbocycles. The van der Waals surface area contributed by atoms with Gasteiger partial charge in [0.25, 0.3) is 0 Å². The van der Waals surface area contributed by atoms with E-state index in [1.54, 1.807) is 0 Å². The van der Waals surface area contributed by atoms with Crippen molar-refractivity contribution < 1.29 is 22.7 Å². The molecule has 1 aromatic rings. The van der Waals surface area contributed by atoms with E-state index in [1.165, 1.54) is 12.1 Å². The molecule has 1 unspecified atom stereocenters. The van der Waals surface area contributed by atoms with Crippen LogP contribution in [0.1, 0.15) is 26.2 Å². The summed E-state index contributed by atoms with van der Waals surface area (Å²) in [6.45, 7) is 1.83. The molecule has 0 bridgehead atoms. The standard InChI is InChI=1S/C12H15FO4S/c1-2-3-7-11(12(14)15)18(16,17)10-8-5-4-6-9(10)13/h4-6,8,11H,2-3,7H2,1H3,(H,14,15). The van der Waals surface area contributed by atoms with Crippen LogP contribution in [0.3, 0.4) is 0 Å². The largest absolute Gasteiger partial charge is 0.480 e. The summed E-state index contributed by atoms with van der Waals surface area (Å²) in [6.07, 6.45) is 1.13. The van der Waals surface area contributed by atoms with Gasteiger partial charge in [-0.2, -0.15) is 0 Å². The molecule has 0 amide bonds. The van der Waals surface area contributed by atoms with Gasteiger partial charge >= 0.3 is 5.97 Å². The number of hydrogen-bond donors (Lipinski definition) is 1. The number of hydrogen-bond acceptors (Lipinski definition) is 3. The number of carboxylic acids is 1. The van der Waals surface area contributed by atoms with Crippen LogP contribution < -0.4 is 0 Å². The predicted octanol–water partition coefficient (Wildman–Crippen LogP) is 2.24. The van der Waals surface area contributed by atoms with E-state index in [1.807, 2.05) is 6.92 Å². The number of halogens is 1. The Balaban J connectivity index is 3.18. The first-order valence-electron chi connectivity index (χ1n) is 5.62. The second-order valence-corrected chi connectivity index (χ2v) is 6.04. The first-order chi connectivity index (χ1) is 8.41. The smallest absolute Gasteiger partial charge is 0.322 e. The van der Waals surface area contributed by atoms with Crippen LogP contribution in [-0.4, -0.2) is 24.7 Å². The molecular formula is C12H15FO4S. The van der Waals surface area contributed by atoms with Crippen molar-refractivity contribution >= 4 is 15.8 Å². The van der Waals surface area contributed by atoms with Gasteiger partial charge in [0, 0.05) is 0 Å². The summed E-state index contributed by atoms with van der Waals surface area (Å²) in [5.74, 6) is -2.35. The Bertz CT molecular complexity index is 525. The molecule has 0 saturated carbocycles. The van der Waals surface area contributed by atoms with E-state index in [0.717, 1.165) is 12.1 Å². The Kier molecular flexibility index (Phi) is 4.84. The van der Waals surface area contributed by atoms with Crippen LogP contribution in [0.5, 0.6) is 0 Å². The highest BCUT2D eigenvalue weighted by Crippen LogP contribution is 2.22. The molecule has 1 N–H and O–H groups in total. The van der Waals surface area contributed by atoms with Crippen LogP contribution in [0.4, 0.5) is 4.39 Å². The molecule has 0 aliphatic heterocycles. The highest BCUT2D eigenvalue weighted by atomic mass is 32.2. The molecule has 1 atom stereocenters. The van der Waals surface area contributed by atoms with Crippen molar-refractivity contribution in [1.29, 1.82) is 0 Å². The molecule has 0 radical (unpaired) electrons.